The zero-order valence-corrected chi connectivity index (χ0v) is 18.9. The Morgan fingerprint density at radius 2 is 1.87 bits per heavy atom. The van der Waals surface area contributed by atoms with Crippen LogP contribution in [0, 0.1) is 40.7 Å². The Balaban J connectivity index is 1.50. The number of nitrogens with one attached hydrogen (secondary N) is 1. The van der Waals surface area contributed by atoms with E-state index >= 15 is 0 Å². The van der Waals surface area contributed by atoms with Gasteiger partial charge in [0, 0.05) is 18.6 Å². The van der Waals surface area contributed by atoms with Gasteiger partial charge >= 0.3 is 0 Å². The lowest BCUT2D eigenvalue weighted by Crippen LogP contribution is -2.56. The van der Waals surface area contributed by atoms with Crippen LogP contribution in [-0.4, -0.2) is 35.4 Å². The molecule has 4 fully saturated rings. The summed E-state index contributed by atoms with van der Waals surface area (Å²) in [6.45, 7) is 4.65. The van der Waals surface area contributed by atoms with Crippen LogP contribution in [0.2, 0.25) is 0 Å². The summed E-state index contributed by atoms with van der Waals surface area (Å²) in [6, 6.07) is 3.67. The van der Waals surface area contributed by atoms with E-state index in [0.29, 0.717) is 23.3 Å². The third-order valence-electron chi connectivity index (χ3n) is 7.62. The van der Waals surface area contributed by atoms with Crippen molar-refractivity contribution in [3.63, 3.8) is 0 Å². The lowest BCUT2D eigenvalue weighted by molar-refractivity contribution is -0.385. The summed E-state index contributed by atoms with van der Waals surface area (Å²) in [5.41, 5.74) is -1.87. The van der Waals surface area contributed by atoms with Gasteiger partial charge in [0.15, 0.2) is 5.78 Å². The van der Waals surface area contributed by atoms with Crippen molar-refractivity contribution in [3.05, 3.63) is 33.9 Å². The second kappa shape index (κ2) is 7.35. The van der Waals surface area contributed by atoms with Gasteiger partial charge in [-0.25, -0.2) is 8.42 Å². The first kappa shape index (κ1) is 22.4. The van der Waals surface area contributed by atoms with Gasteiger partial charge in [-0.2, -0.15) is 4.72 Å². The minimum atomic E-state index is -4.14. The van der Waals surface area contributed by atoms with Gasteiger partial charge in [-0.15, -0.1) is 0 Å². The Labute approximate surface area is 182 Å². The fourth-order valence-corrected chi connectivity index (χ4v) is 7.99. The molecule has 4 aliphatic rings. The fourth-order valence-electron chi connectivity index (χ4n) is 6.33. The number of benzene rings is 1. The average Bonchev–Trinajstić information content (AvgIpc) is 2.62. The summed E-state index contributed by atoms with van der Waals surface area (Å²) in [5.74, 6) is 1.15. The molecule has 31 heavy (non-hydrogen) atoms. The third kappa shape index (κ3) is 4.15. The summed E-state index contributed by atoms with van der Waals surface area (Å²) in [5, 5.41) is 21.8. The van der Waals surface area contributed by atoms with Gasteiger partial charge < -0.3 is 5.11 Å². The summed E-state index contributed by atoms with van der Waals surface area (Å²) in [6.07, 6.45) is 4.69. The van der Waals surface area contributed by atoms with Crippen LogP contribution in [0.3, 0.4) is 0 Å². The Bertz CT molecular complexity index is 1020. The maximum atomic E-state index is 13.2. The number of aryl methyl sites for hydroxylation is 1. The molecule has 1 aromatic carbocycles. The van der Waals surface area contributed by atoms with Crippen molar-refractivity contribution in [2.24, 2.45) is 23.7 Å². The number of rotatable bonds is 7. The van der Waals surface area contributed by atoms with Gasteiger partial charge in [0.1, 0.15) is 0 Å². The quantitative estimate of drug-likeness (QED) is 0.485. The number of carbonyl (C=O) groups is 1. The van der Waals surface area contributed by atoms with Crippen molar-refractivity contribution in [2.45, 2.75) is 75.3 Å². The second-order valence-corrected chi connectivity index (χ2v) is 12.1. The Morgan fingerprint density at radius 1 is 1.26 bits per heavy atom. The van der Waals surface area contributed by atoms with Crippen molar-refractivity contribution in [3.8, 4) is 0 Å². The predicted molar refractivity (Wildman–Crippen MR) is 114 cm³/mol. The average molecular weight is 451 g/mol. The van der Waals surface area contributed by atoms with E-state index in [-0.39, 0.29) is 28.7 Å². The number of Topliss-reactive ketones (excluding diaryl/α,β-unsaturated/α-hetero) is 1. The molecule has 0 heterocycles. The number of hydrogen-bond donors (Lipinski definition) is 2. The molecule has 5 rings (SSSR count). The smallest absolute Gasteiger partial charge is 0.270 e. The Kier molecular flexibility index (Phi) is 5.30. The van der Waals surface area contributed by atoms with Crippen LogP contribution in [0.25, 0.3) is 0 Å². The van der Waals surface area contributed by atoms with Gasteiger partial charge in [-0.3, -0.25) is 14.9 Å². The number of non-ortho nitro benzene ring substituents is 1. The number of hydrogen-bond acceptors (Lipinski definition) is 6. The van der Waals surface area contributed by atoms with Crippen LogP contribution in [0.15, 0.2) is 23.1 Å². The molecule has 9 heteroatoms. The first-order chi connectivity index (χ1) is 14.3. The molecule has 2 atom stereocenters. The van der Waals surface area contributed by atoms with E-state index in [2.05, 4.69) is 4.72 Å². The monoisotopic (exact) mass is 450 g/mol. The highest BCUT2D eigenvalue weighted by atomic mass is 32.2. The second-order valence-electron chi connectivity index (χ2n) is 10.4. The van der Waals surface area contributed by atoms with E-state index in [1.165, 1.54) is 12.1 Å². The topological polar surface area (TPSA) is 127 Å². The molecule has 1 aromatic rings. The van der Waals surface area contributed by atoms with Crippen LogP contribution >= 0.6 is 0 Å². The molecule has 8 nitrogen and oxygen atoms in total. The molecule has 0 aromatic heterocycles. The lowest BCUT2D eigenvalue weighted by atomic mass is 9.49. The summed E-state index contributed by atoms with van der Waals surface area (Å²) in [7, 11) is -4.14. The molecule has 0 radical (unpaired) electrons. The van der Waals surface area contributed by atoms with Crippen molar-refractivity contribution in [1.82, 2.24) is 4.72 Å². The van der Waals surface area contributed by atoms with E-state index in [4.69, 9.17) is 0 Å². The first-order valence-electron chi connectivity index (χ1n) is 10.8. The molecule has 2 N–H and O–H groups in total. The standard InChI is InChI=1S/C22H30N2O6S/c1-13-4-5-17(24(27)28)8-19(13)31(29,30)23-21(2,3)20(25)9-18-15-6-14-7-16(18)12-22(26,10-14)11-15/h4-5,8,14-16,18,23,26H,6-7,9-12H2,1-3H3. The highest BCUT2D eigenvalue weighted by molar-refractivity contribution is 7.89. The molecule has 0 amide bonds. The minimum Gasteiger partial charge on any atom is -0.390 e. The SMILES string of the molecule is Cc1ccc([N+](=O)[O-])cc1S(=O)(=O)NC(C)(C)C(=O)CC1C2CC3CC1CC(O)(C3)C2. The van der Waals surface area contributed by atoms with Gasteiger partial charge in [0.2, 0.25) is 10.0 Å². The van der Waals surface area contributed by atoms with Gasteiger partial charge in [0.05, 0.1) is 21.0 Å². The van der Waals surface area contributed by atoms with E-state index in [0.717, 1.165) is 38.2 Å². The molecule has 0 spiro atoms. The van der Waals surface area contributed by atoms with Gasteiger partial charge in [-0.05, 0) is 82.1 Å². The summed E-state index contributed by atoms with van der Waals surface area (Å²) < 4.78 is 28.5. The largest absolute Gasteiger partial charge is 0.390 e. The number of carbonyl (C=O) groups excluding carboxylic acids is 1. The molecule has 0 saturated heterocycles. The number of aliphatic hydroxyl groups is 1. The molecule has 2 unspecified atom stereocenters. The molecular weight excluding hydrogens is 420 g/mol. The zero-order chi connectivity index (χ0) is 22.8. The van der Waals surface area contributed by atoms with Crippen molar-refractivity contribution in [1.29, 1.82) is 0 Å². The Hall–Kier alpha value is -1.84. The molecule has 170 valence electrons. The number of sulfonamides is 1. The number of nitrogens with zero attached hydrogens (tertiary/aromatic N) is 1. The van der Waals surface area contributed by atoms with Crippen LogP contribution in [0.4, 0.5) is 5.69 Å². The molecular formula is C22H30N2O6S. The van der Waals surface area contributed by atoms with E-state index in [1.807, 2.05) is 0 Å². The third-order valence-corrected chi connectivity index (χ3v) is 9.41. The molecule has 4 aliphatic carbocycles. The van der Waals surface area contributed by atoms with E-state index in [1.54, 1.807) is 20.8 Å². The fraction of sp³-hybridized carbons (Fsp3) is 0.682. The molecule has 4 saturated carbocycles. The zero-order valence-electron chi connectivity index (χ0n) is 18.1. The summed E-state index contributed by atoms with van der Waals surface area (Å²) >= 11 is 0. The van der Waals surface area contributed by atoms with Gasteiger partial charge in [-0.1, -0.05) is 6.07 Å². The van der Waals surface area contributed by atoms with Crippen molar-refractivity contribution < 1.29 is 23.2 Å². The lowest BCUT2D eigenvalue weighted by Gasteiger charge is -2.58. The number of nitro benzene ring substituents is 1. The maximum Gasteiger partial charge on any atom is 0.270 e. The van der Waals surface area contributed by atoms with Crippen LogP contribution in [-0.2, 0) is 14.8 Å². The highest BCUT2D eigenvalue weighted by Gasteiger charge is 2.55. The van der Waals surface area contributed by atoms with Crippen LogP contribution < -0.4 is 4.72 Å². The number of nitro groups is 1. The van der Waals surface area contributed by atoms with Crippen LogP contribution in [0.1, 0.15) is 57.9 Å². The normalized spacial score (nSPS) is 32.3. The van der Waals surface area contributed by atoms with Crippen molar-refractivity contribution >= 4 is 21.5 Å². The highest BCUT2D eigenvalue weighted by Crippen LogP contribution is 2.59. The minimum absolute atomic E-state index is 0.174. The van der Waals surface area contributed by atoms with Gasteiger partial charge in [0.25, 0.3) is 5.69 Å². The summed E-state index contributed by atoms with van der Waals surface area (Å²) in [4.78, 5) is 23.4. The van der Waals surface area contributed by atoms with E-state index < -0.39 is 26.1 Å². The molecule has 0 aliphatic heterocycles. The predicted octanol–water partition coefficient (Wildman–Crippen LogP) is 3.11. The van der Waals surface area contributed by atoms with Crippen LogP contribution in [0.5, 0.6) is 0 Å². The first-order valence-corrected chi connectivity index (χ1v) is 12.3. The molecule has 4 bridgehead atoms. The van der Waals surface area contributed by atoms with Crippen molar-refractivity contribution in [2.75, 3.05) is 0 Å². The van der Waals surface area contributed by atoms with E-state index in [9.17, 15) is 28.4 Å². The maximum absolute atomic E-state index is 13.2. The number of ketones is 1. The Morgan fingerprint density at radius 3 is 2.42 bits per heavy atom.